The lowest BCUT2D eigenvalue weighted by molar-refractivity contribution is 0.185. The minimum absolute atomic E-state index is 0.786. The minimum Gasteiger partial charge on any atom is -0.381 e. The van der Waals surface area contributed by atoms with Gasteiger partial charge in [-0.25, -0.2) is 0 Å². The molecule has 1 N–H and O–H groups in total. The van der Waals surface area contributed by atoms with E-state index >= 15 is 0 Å². The Kier molecular flexibility index (Phi) is 3.82. The molecular weight excluding hydrogens is 174 g/mol. The number of hydrogen-bond donors (Lipinski definition) is 1. The highest BCUT2D eigenvalue weighted by Gasteiger charge is 2.21. The highest BCUT2D eigenvalue weighted by molar-refractivity contribution is 4.75. The van der Waals surface area contributed by atoms with E-state index in [1.807, 2.05) is 0 Å². The molecule has 1 aliphatic heterocycles. The largest absolute Gasteiger partial charge is 0.381 e. The summed E-state index contributed by atoms with van der Waals surface area (Å²) >= 11 is 0. The predicted octanol–water partition coefficient (Wildman–Crippen LogP) is 2.05. The van der Waals surface area contributed by atoms with Crippen molar-refractivity contribution in [1.82, 2.24) is 5.32 Å². The number of ether oxygens (including phenoxy) is 1. The monoisotopic (exact) mass is 197 g/mol. The molecule has 1 saturated carbocycles. The molecule has 0 spiro atoms. The molecule has 0 aromatic carbocycles. The molecule has 1 heterocycles. The second kappa shape index (κ2) is 5.13. The molecule has 1 saturated heterocycles. The summed E-state index contributed by atoms with van der Waals surface area (Å²) in [6.45, 7) is 6.75. The lowest BCUT2D eigenvalue weighted by Gasteiger charge is -2.13. The lowest BCUT2D eigenvalue weighted by atomic mass is 10.1. The summed E-state index contributed by atoms with van der Waals surface area (Å²) in [5.74, 6) is 2.71. The molecule has 2 nitrogen and oxygen atoms in total. The zero-order valence-corrected chi connectivity index (χ0v) is 9.30. The van der Waals surface area contributed by atoms with Crippen molar-refractivity contribution in [2.75, 3.05) is 26.3 Å². The van der Waals surface area contributed by atoms with Crippen LogP contribution in [0.15, 0.2) is 0 Å². The molecule has 0 bridgehead atoms. The van der Waals surface area contributed by atoms with Crippen molar-refractivity contribution in [2.24, 2.45) is 17.8 Å². The Morgan fingerprint density at radius 3 is 2.64 bits per heavy atom. The van der Waals surface area contributed by atoms with Crippen molar-refractivity contribution in [3.05, 3.63) is 0 Å². The minimum atomic E-state index is 0.786. The summed E-state index contributed by atoms with van der Waals surface area (Å²) in [4.78, 5) is 0. The van der Waals surface area contributed by atoms with E-state index in [0.29, 0.717) is 0 Å². The first-order valence-corrected chi connectivity index (χ1v) is 6.13. The van der Waals surface area contributed by atoms with E-state index in [9.17, 15) is 0 Å². The molecule has 3 atom stereocenters. The van der Waals surface area contributed by atoms with Gasteiger partial charge >= 0.3 is 0 Å². The fourth-order valence-electron chi connectivity index (χ4n) is 2.75. The lowest BCUT2D eigenvalue weighted by Crippen LogP contribution is -2.27. The van der Waals surface area contributed by atoms with Gasteiger partial charge < -0.3 is 10.1 Å². The molecule has 2 aliphatic rings. The Balaban J connectivity index is 1.54. The maximum absolute atomic E-state index is 5.36. The van der Waals surface area contributed by atoms with Crippen LogP contribution in [0.4, 0.5) is 0 Å². The first-order chi connectivity index (χ1) is 6.84. The molecule has 3 unspecified atom stereocenters. The maximum Gasteiger partial charge on any atom is 0.0507 e. The SMILES string of the molecule is CC1CCC(CNCC2CCOC2)C1. The van der Waals surface area contributed by atoms with Crippen molar-refractivity contribution >= 4 is 0 Å². The molecule has 0 amide bonds. The van der Waals surface area contributed by atoms with Gasteiger partial charge in [-0.05, 0) is 43.6 Å². The number of hydrogen-bond acceptors (Lipinski definition) is 2. The Morgan fingerprint density at radius 2 is 2.00 bits per heavy atom. The van der Waals surface area contributed by atoms with Crippen LogP contribution in [0, 0.1) is 17.8 Å². The number of rotatable bonds is 4. The van der Waals surface area contributed by atoms with E-state index in [-0.39, 0.29) is 0 Å². The van der Waals surface area contributed by atoms with Crippen LogP contribution in [-0.2, 0) is 4.74 Å². The van der Waals surface area contributed by atoms with Crippen LogP contribution < -0.4 is 5.32 Å². The van der Waals surface area contributed by atoms with Gasteiger partial charge in [-0.1, -0.05) is 13.3 Å². The second-order valence-electron chi connectivity index (χ2n) is 5.17. The molecular formula is C12H23NO. The molecule has 2 rings (SSSR count). The Morgan fingerprint density at radius 1 is 1.14 bits per heavy atom. The van der Waals surface area contributed by atoms with Crippen LogP contribution in [-0.4, -0.2) is 26.3 Å². The molecule has 2 heteroatoms. The van der Waals surface area contributed by atoms with Gasteiger partial charge in [0, 0.05) is 13.2 Å². The smallest absolute Gasteiger partial charge is 0.0507 e. The van der Waals surface area contributed by atoms with Crippen molar-refractivity contribution in [3.8, 4) is 0 Å². The first kappa shape index (κ1) is 10.4. The van der Waals surface area contributed by atoms with Crippen molar-refractivity contribution in [3.63, 3.8) is 0 Å². The van der Waals surface area contributed by atoms with Crippen LogP contribution in [0.5, 0.6) is 0 Å². The summed E-state index contributed by atoms with van der Waals surface area (Å²) in [5, 5.41) is 3.61. The van der Waals surface area contributed by atoms with Gasteiger partial charge in [0.1, 0.15) is 0 Å². The van der Waals surface area contributed by atoms with Gasteiger partial charge in [-0.15, -0.1) is 0 Å². The summed E-state index contributed by atoms with van der Waals surface area (Å²) in [6, 6.07) is 0. The summed E-state index contributed by atoms with van der Waals surface area (Å²) in [7, 11) is 0. The Labute approximate surface area is 87.4 Å². The normalized spacial score (nSPS) is 37.9. The fraction of sp³-hybridized carbons (Fsp3) is 1.00. The van der Waals surface area contributed by atoms with Gasteiger partial charge in [-0.3, -0.25) is 0 Å². The van der Waals surface area contributed by atoms with Crippen LogP contribution in [0.3, 0.4) is 0 Å². The van der Waals surface area contributed by atoms with E-state index in [1.54, 1.807) is 0 Å². The predicted molar refractivity (Wildman–Crippen MR) is 58.3 cm³/mol. The average molecular weight is 197 g/mol. The van der Waals surface area contributed by atoms with Crippen LogP contribution in [0.25, 0.3) is 0 Å². The molecule has 14 heavy (non-hydrogen) atoms. The van der Waals surface area contributed by atoms with Crippen LogP contribution in [0.2, 0.25) is 0 Å². The second-order valence-corrected chi connectivity index (χ2v) is 5.17. The standard InChI is InChI=1S/C12H23NO/c1-10-2-3-11(6-10)7-13-8-12-4-5-14-9-12/h10-13H,2-9H2,1H3. The van der Waals surface area contributed by atoms with Crippen molar-refractivity contribution in [1.29, 1.82) is 0 Å². The van der Waals surface area contributed by atoms with E-state index < -0.39 is 0 Å². The molecule has 0 aromatic heterocycles. The maximum atomic E-state index is 5.36. The highest BCUT2D eigenvalue weighted by atomic mass is 16.5. The van der Waals surface area contributed by atoms with Crippen LogP contribution in [0.1, 0.15) is 32.6 Å². The third kappa shape index (κ3) is 2.96. The van der Waals surface area contributed by atoms with Crippen molar-refractivity contribution in [2.45, 2.75) is 32.6 Å². The van der Waals surface area contributed by atoms with Crippen molar-refractivity contribution < 1.29 is 4.74 Å². The van der Waals surface area contributed by atoms with E-state index in [2.05, 4.69) is 12.2 Å². The van der Waals surface area contributed by atoms with Gasteiger partial charge in [0.15, 0.2) is 0 Å². The average Bonchev–Trinajstić information content (AvgIpc) is 2.77. The summed E-state index contributed by atoms with van der Waals surface area (Å²) in [6.07, 6.45) is 5.58. The third-order valence-electron chi connectivity index (χ3n) is 3.69. The van der Waals surface area contributed by atoms with Gasteiger partial charge in [0.25, 0.3) is 0 Å². The number of nitrogens with one attached hydrogen (secondary N) is 1. The topological polar surface area (TPSA) is 21.3 Å². The molecule has 82 valence electrons. The van der Waals surface area contributed by atoms with E-state index in [4.69, 9.17) is 4.74 Å². The fourth-order valence-corrected chi connectivity index (χ4v) is 2.75. The third-order valence-corrected chi connectivity index (χ3v) is 3.69. The molecule has 0 radical (unpaired) electrons. The van der Waals surface area contributed by atoms with Gasteiger partial charge in [-0.2, -0.15) is 0 Å². The highest BCUT2D eigenvalue weighted by Crippen LogP contribution is 2.29. The molecule has 2 fully saturated rings. The molecule has 0 aromatic rings. The van der Waals surface area contributed by atoms with E-state index in [0.717, 1.165) is 31.0 Å². The van der Waals surface area contributed by atoms with Crippen LogP contribution >= 0.6 is 0 Å². The summed E-state index contributed by atoms with van der Waals surface area (Å²) < 4.78 is 5.36. The van der Waals surface area contributed by atoms with E-state index in [1.165, 1.54) is 38.8 Å². The Hall–Kier alpha value is -0.0800. The quantitative estimate of drug-likeness (QED) is 0.745. The summed E-state index contributed by atoms with van der Waals surface area (Å²) in [5.41, 5.74) is 0. The molecule has 1 aliphatic carbocycles. The zero-order chi connectivity index (χ0) is 9.80. The zero-order valence-electron chi connectivity index (χ0n) is 9.30. The van der Waals surface area contributed by atoms with Gasteiger partial charge in [0.2, 0.25) is 0 Å². The Bertz CT molecular complexity index is 166. The first-order valence-electron chi connectivity index (χ1n) is 6.13. The van der Waals surface area contributed by atoms with Gasteiger partial charge in [0.05, 0.1) is 6.61 Å².